The van der Waals surface area contributed by atoms with Crippen LogP contribution in [0.4, 0.5) is 26.3 Å². The fourth-order valence-corrected chi connectivity index (χ4v) is 4.65. The normalized spacial score (nSPS) is 22.5. The maximum atomic E-state index is 13.0. The van der Waals surface area contributed by atoms with Crippen molar-refractivity contribution in [2.75, 3.05) is 13.1 Å². The van der Waals surface area contributed by atoms with Gasteiger partial charge in [-0.1, -0.05) is 32.4 Å². The Balaban J connectivity index is 2.40. The Morgan fingerprint density at radius 3 is 2.19 bits per heavy atom. The lowest BCUT2D eigenvalue weighted by Gasteiger charge is -2.44. The predicted molar refractivity (Wildman–Crippen MR) is 109 cm³/mol. The molecule has 0 radical (unpaired) electrons. The molecule has 9 heteroatoms. The summed E-state index contributed by atoms with van der Waals surface area (Å²) in [4.78, 5) is 13.2. The number of carbonyl (C=O) groups is 1. The van der Waals surface area contributed by atoms with Crippen LogP contribution in [0.15, 0.2) is 24.3 Å². The highest BCUT2D eigenvalue weighted by molar-refractivity contribution is 5.67. The van der Waals surface area contributed by atoms with E-state index in [2.05, 4.69) is 0 Å². The standard InChI is InChI=1S/C23H31F6NO2/c1-15(2)10-12-30(13-11-22(24,25)26)19-5-3-4-17(14-20(31)32)21(19)16-6-8-18(9-7-16)23(27,28)29/h6-9,15,17,19,21H,3-5,10-14H2,1-2H3,(H,31,32)/t17-,19-,21-/m1/s1. The maximum Gasteiger partial charge on any atom is 0.416 e. The highest BCUT2D eigenvalue weighted by atomic mass is 19.4. The largest absolute Gasteiger partial charge is 0.481 e. The third-order valence-electron chi connectivity index (χ3n) is 6.20. The van der Waals surface area contributed by atoms with Crippen LogP contribution < -0.4 is 0 Å². The fourth-order valence-electron chi connectivity index (χ4n) is 4.65. The van der Waals surface area contributed by atoms with Crippen LogP contribution in [0, 0.1) is 11.8 Å². The van der Waals surface area contributed by atoms with Gasteiger partial charge >= 0.3 is 18.3 Å². The second kappa shape index (κ2) is 10.9. The zero-order valence-corrected chi connectivity index (χ0v) is 18.3. The lowest BCUT2D eigenvalue weighted by molar-refractivity contribution is -0.140. The number of rotatable bonds is 9. The van der Waals surface area contributed by atoms with Crippen molar-refractivity contribution in [3.05, 3.63) is 35.4 Å². The lowest BCUT2D eigenvalue weighted by Crippen LogP contribution is -2.46. The van der Waals surface area contributed by atoms with E-state index in [1.54, 1.807) is 4.90 Å². The molecule has 0 heterocycles. The van der Waals surface area contributed by atoms with Crippen molar-refractivity contribution in [2.45, 2.75) is 76.7 Å². The van der Waals surface area contributed by atoms with Crippen molar-refractivity contribution in [3.8, 4) is 0 Å². The number of nitrogens with zero attached hydrogens (tertiary/aromatic N) is 1. The van der Waals surface area contributed by atoms with Gasteiger partial charge in [-0.3, -0.25) is 9.69 Å². The highest BCUT2D eigenvalue weighted by Gasteiger charge is 2.40. The van der Waals surface area contributed by atoms with Gasteiger partial charge in [0.2, 0.25) is 0 Å². The molecular formula is C23H31F6NO2. The predicted octanol–water partition coefficient (Wildman–Crippen LogP) is 6.73. The average molecular weight is 467 g/mol. The van der Waals surface area contributed by atoms with Crippen LogP contribution in [0.5, 0.6) is 0 Å². The molecule has 0 aliphatic heterocycles. The van der Waals surface area contributed by atoms with E-state index in [-0.39, 0.29) is 30.8 Å². The zero-order valence-electron chi connectivity index (χ0n) is 18.3. The van der Waals surface area contributed by atoms with E-state index in [0.29, 0.717) is 37.8 Å². The molecule has 1 aromatic carbocycles. The van der Waals surface area contributed by atoms with Crippen molar-refractivity contribution in [2.24, 2.45) is 11.8 Å². The molecule has 1 aliphatic carbocycles. The minimum absolute atomic E-state index is 0.167. The summed E-state index contributed by atoms with van der Waals surface area (Å²) in [5.41, 5.74) is -0.257. The van der Waals surface area contributed by atoms with Crippen LogP contribution in [-0.4, -0.2) is 41.3 Å². The summed E-state index contributed by atoms with van der Waals surface area (Å²) in [6.07, 6.45) is -7.47. The summed E-state index contributed by atoms with van der Waals surface area (Å²) in [6, 6.07) is 4.28. The van der Waals surface area contributed by atoms with Crippen molar-refractivity contribution in [1.29, 1.82) is 0 Å². The van der Waals surface area contributed by atoms with E-state index in [1.165, 1.54) is 12.1 Å². The van der Waals surface area contributed by atoms with Gasteiger partial charge in [0.05, 0.1) is 12.0 Å². The SMILES string of the molecule is CC(C)CCN(CCC(F)(F)F)[C@@H]1CCC[C@H](CC(=O)O)[C@H]1c1ccc(C(F)(F)F)cc1. The molecule has 0 unspecified atom stereocenters. The number of carboxylic acids is 1. The molecule has 1 aliphatic rings. The van der Waals surface area contributed by atoms with Gasteiger partial charge in [-0.25, -0.2) is 0 Å². The molecule has 0 aromatic heterocycles. The van der Waals surface area contributed by atoms with E-state index in [0.717, 1.165) is 12.1 Å². The van der Waals surface area contributed by atoms with Gasteiger partial charge in [-0.2, -0.15) is 26.3 Å². The van der Waals surface area contributed by atoms with Crippen LogP contribution in [0.3, 0.4) is 0 Å². The van der Waals surface area contributed by atoms with Gasteiger partial charge in [0, 0.05) is 24.9 Å². The highest BCUT2D eigenvalue weighted by Crippen LogP contribution is 2.43. The molecule has 0 bridgehead atoms. The first-order valence-corrected chi connectivity index (χ1v) is 11.0. The van der Waals surface area contributed by atoms with E-state index in [1.807, 2.05) is 13.8 Å². The van der Waals surface area contributed by atoms with E-state index in [4.69, 9.17) is 0 Å². The summed E-state index contributed by atoms with van der Waals surface area (Å²) >= 11 is 0. The lowest BCUT2D eigenvalue weighted by atomic mass is 9.70. The number of carboxylic acid groups (broad SMARTS) is 1. The third-order valence-corrected chi connectivity index (χ3v) is 6.20. The minimum atomic E-state index is -4.50. The first-order valence-electron chi connectivity index (χ1n) is 11.0. The number of alkyl halides is 6. The summed E-state index contributed by atoms with van der Waals surface area (Å²) in [7, 11) is 0. The molecule has 0 amide bonds. The van der Waals surface area contributed by atoms with Gasteiger partial charge in [-0.05, 0) is 55.3 Å². The Labute approximate surface area is 184 Å². The zero-order chi connectivity index (χ0) is 24.1. The fraction of sp³-hybridized carbons (Fsp3) is 0.696. The number of aliphatic carboxylic acids is 1. The minimum Gasteiger partial charge on any atom is -0.481 e. The Morgan fingerprint density at radius 2 is 1.69 bits per heavy atom. The van der Waals surface area contributed by atoms with Crippen molar-refractivity contribution in [3.63, 3.8) is 0 Å². The van der Waals surface area contributed by atoms with E-state index >= 15 is 0 Å². The van der Waals surface area contributed by atoms with Gasteiger partial charge < -0.3 is 5.11 Å². The van der Waals surface area contributed by atoms with Crippen LogP contribution >= 0.6 is 0 Å². The van der Waals surface area contributed by atoms with Crippen molar-refractivity contribution >= 4 is 5.97 Å². The van der Waals surface area contributed by atoms with E-state index in [9.17, 15) is 36.2 Å². The molecule has 3 nitrogen and oxygen atoms in total. The van der Waals surface area contributed by atoms with Gasteiger partial charge in [0.15, 0.2) is 0 Å². The molecule has 1 aromatic rings. The molecule has 1 N–H and O–H groups in total. The number of halogens is 6. The van der Waals surface area contributed by atoms with Crippen LogP contribution in [0.2, 0.25) is 0 Å². The maximum absolute atomic E-state index is 13.0. The van der Waals surface area contributed by atoms with Crippen LogP contribution in [0.25, 0.3) is 0 Å². The smallest absolute Gasteiger partial charge is 0.416 e. The Hall–Kier alpha value is -1.77. The molecular weight excluding hydrogens is 436 g/mol. The molecule has 182 valence electrons. The van der Waals surface area contributed by atoms with Crippen LogP contribution in [0.1, 0.15) is 69.4 Å². The third kappa shape index (κ3) is 7.98. The summed E-state index contributed by atoms with van der Waals surface area (Å²) in [5, 5.41) is 9.38. The van der Waals surface area contributed by atoms with Gasteiger partial charge in [0.25, 0.3) is 0 Å². The second-order valence-electron chi connectivity index (χ2n) is 9.09. The number of hydrogen-bond donors (Lipinski definition) is 1. The molecule has 0 spiro atoms. The molecule has 1 fully saturated rings. The van der Waals surface area contributed by atoms with Gasteiger partial charge in [-0.15, -0.1) is 0 Å². The number of hydrogen-bond acceptors (Lipinski definition) is 2. The first-order chi connectivity index (χ1) is 14.8. The molecule has 1 saturated carbocycles. The monoisotopic (exact) mass is 467 g/mol. The average Bonchev–Trinajstić information content (AvgIpc) is 2.66. The quantitative estimate of drug-likeness (QED) is 0.409. The summed E-state index contributed by atoms with van der Waals surface area (Å²) in [5.74, 6) is -1.54. The summed E-state index contributed by atoms with van der Waals surface area (Å²) in [6.45, 7) is 4.17. The molecule has 32 heavy (non-hydrogen) atoms. The molecule has 0 saturated heterocycles. The van der Waals surface area contributed by atoms with E-state index < -0.39 is 36.2 Å². The Kier molecular flexibility index (Phi) is 9.02. The molecule has 3 atom stereocenters. The van der Waals surface area contributed by atoms with Gasteiger partial charge in [0.1, 0.15) is 0 Å². The number of benzene rings is 1. The van der Waals surface area contributed by atoms with Crippen molar-refractivity contribution in [1.82, 2.24) is 4.90 Å². The first kappa shape index (κ1) is 26.5. The van der Waals surface area contributed by atoms with Crippen molar-refractivity contribution < 1.29 is 36.2 Å². The Morgan fingerprint density at radius 1 is 1.06 bits per heavy atom. The molecule has 2 rings (SSSR count). The van der Waals surface area contributed by atoms with Crippen LogP contribution in [-0.2, 0) is 11.0 Å². The topological polar surface area (TPSA) is 40.5 Å². The summed E-state index contributed by atoms with van der Waals surface area (Å²) < 4.78 is 78.0. The second-order valence-corrected chi connectivity index (χ2v) is 9.09. The Bertz CT molecular complexity index is 729.